The standard InChI is InChI=1S/C14H18N2O3/c1-4-15-8-10-14(19-9-16-10)13-11(17-2)6-5-7-12(13)18-3/h5-7,9,15H,4,8H2,1-3H3. The van der Waals surface area contributed by atoms with E-state index in [0.29, 0.717) is 23.8 Å². The lowest BCUT2D eigenvalue weighted by molar-refractivity contribution is 0.394. The van der Waals surface area contributed by atoms with E-state index >= 15 is 0 Å². The molecule has 0 spiro atoms. The second-order valence-corrected chi connectivity index (χ2v) is 3.95. The zero-order chi connectivity index (χ0) is 13.7. The molecule has 1 aromatic heterocycles. The Balaban J connectivity index is 2.48. The lowest BCUT2D eigenvalue weighted by atomic mass is 10.1. The van der Waals surface area contributed by atoms with Crippen LogP contribution in [-0.4, -0.2) is 25.7 Å². The van der Waals surface area contributed by atoms with Crippen molar-refractivity contribution in [2.24, 2.45) is 0 Å². The first kappa shape index (κ1) is 13.4. The predicted molar refractivity (Wildman–Crippen MR) is 72.4 cm³/mol. The number of rotatable bonds is 6. The minimum absolute atomic E-state index is 0.642. The first-order valence-corrected chi connectivity index (χ1v) is 6.16. The van der Waals surface area contributed by atoms with Gasteiger partial charge >= 0.3 is 0 Å². The number of nitrogens with one attached hydrogen (secondary N) is 1. The van der Waals surface area contributed by atoms with Gasteiger partial charge in [-0.05, 0) is 18.7 Å². The third-order valence-electron chi connectivity index (χ3n) is 2.84. The maximum absolute atomic E-state index is 5.52. The first-order valence-electron chi connectivity index (χ1n) is 6.16. The monoisotopic (exact) mass is 262 g/mol. The first-order chi connectivity index (χ1) is 9.31. The van der Waals surface area contributed by atoms with Crippen LogP contribution in [0.2, 0.25) is 0 Å². The van der Waals surface area contributed by atoms with Crippen LogP contribution in [0.25, 0.3) is 11.3 Å². The summed E-state index contributed by atoms with van der Waals surface area (Å²) in [6.07, 6.45) is 1.44. The Bertz CT molecular complexity index is 515. The molecule has 19 heavy (non-hydrogen) atoms. The van der Waals surface area contributed by atoms with E-state index in [2.05, 4.69) is 10.3 Å². The van der Waals surface area contributed by atoms with Crippen LogP contribution < -0.4 is 14.8 Å². The summed E-state index contributed by atoms with van der Waals surface area (Å²) in [5, 5.41) is 3.23. The van der Waals surface area contributed by atoms with Crippen LogP contribution in [0.4, 0.5) is 0 Å². The Morgan fingerprint density at radius 1 is 1.21 bits per heavy atom. The predicted octanol–water partition coefficient (Wildman–Crippen LogP) is 2.47. The van der Waals surface area contributed by atoms with Crippen molar-refractivity contribution in [1.82, 2.24) is 10.3 Å². The van der Waals surface area contributed by atoms with Gasteiger partial charge in [0.1, 0.15) is 22.8 Å². The van der Waals surface area contributed by atoms with Crippen molar-refractivity contribution in [3.8, 4) is 22.8 Å². The number of hydrogen-bond donors (Lipinski definition) is 1. The van der Waals surface area contributed by atoms with Gasteiger partial charge in [0.2, 0.25) is 0 Å². The van der Waals surface area contributed by atoms with Crippen molar-refractivity contribution >= 4 is 0 Å². The van der Waals surface area contributed by atoms with Crippen LogP contribution in [0.1, 0.15) is 12.6 Å². The molecule has 0 aliphatic heterocycles. The summed E-state index contributed by atoms with van der Waals surface area (Å²) >= 11 is 0. The van der Waals surface area contributed by atoms with Gasteiger partial charge in [0.25, 0.3) is 0 Å². The molecular formula is C14H18N2O3. The van der Waals surface area contributed by atoms with E-state index in [-0.39, 0.29) is 0 Å². The van der Waals surface area contributed by atoms with Crippen LogP contribution in [0, 0.1) is 0 Å². The zero-order valence-corrected chi connectivity index (χ0v) is 11.4. The summed E-state index contributed by atoms with van der Waals surface area (Å²) in [5.74, 6) is 2.08. The molecule has 102 valence electrons. The minimum Gasteiger partial charge on any atom is -0.496 e. The number of hydrogen-bond acceptors (Lipinski definition) is 5. The van der Waals surface area contributed by atoms with E-state index in [4.69, 9.17) is 13.9 Å². The Kier molecular flexibility index (Phi) is 4.41. The van der Waals surface area contributed by atoms with Gasteiger partial charge in [-0.25, -0.2) is 4.98 Å². The third-order valence-corrected chi connectivity index (χ3v) is 2.84. The molecule has 1 aromatic carbocycles. The maximum Gasteiger partial charge on any atom is 0.181 e. The van der Waals surface area contributed by atoms with Crippen molar-refractivity contribution in [3.05, 3.63) is 30.3 Å². The number of aromatic nitrogens is 1. The van der Waals surface area contributed by atoms with Gasteiger partial charge < -0.3 is 19.2 Å². The molecule has 0 fully saturated rings. The van der Waals surface area contributed by atoms with Crippen LogP contribution in [0.3, 0.4) is 0 Å². The summed E-state index contributed by atoms with van der Waals surface area (Å²) in [6.45, 7) is 3.56. The summed E-state index contributed by atoms with van der Waals surface area (Å²) in [5.41, 5.74) is 1.63. The van der Waals surface area contributed by atoms with Gasteiger partial charge in [-0.3, -0.25) is 0 Å². The summed E-state index contributed by atoms with van der Waals surface area (Å²) in [4.78, 5) is 4.24. The Labute approximate surface area is 112 Å². The minimum atomic E-state index is 0.642. The van der Waals surface area contributed by atoms with E-state index in [1.54, 1.807) is 14.2 Å². The fraction of sp³-hybridized carbons (Fsp3) is 0.357. The molecule has 0 saturated heterocycles. The second kappa shape index (κ2) is 6.24. The van der Waals surface area contributed by atoms with Crippen LogP contribution in [0.5, 0.6) is 11.5 Å². The molecule has 0 aliphatic carbocycles. The molecule has 2 rings (SSSR count). The SMILES string of the molecule is CCNCc1ncoc1-c1c(OC)cccc1OC. The van der Waals surface area contributed by atoms with E-state index in [1.807, 2.05) is 25.1 Å². The fourth-order valence-corrected chi connectivity index (χ4v) is 1.92. The molecule has 0 unspecified atom stereocenters. The highest BCUT2D eigenvalue weighted by atomic mass is 16.5. The molecule has 0 bridgehead atoms. The fourth-order valence-electron chi connectivity index (χ4n) is 1.92. The number of benzene rings is 1. The van der Waals surface area contributed by atoms with E-state index in [1.165, 1.54) is 6.39 Å². The normalized spacial score (nSPS) is 10.5. The highest BCUT2D eigenvalue weighted by Gasteiger charge is 2.19. The van der Waals surface area contributed by atoms with Gasteiger partial charge in [0.15, 0.2) is 12.2 Å². The van der Waals surface area contributed by atoms with Gasteiger partial charge in [-0.1, -0.05) is 13.0 Å². The van der Waals surface area contributed by atoms with Gasteiger partial charge in [0.05, 0.1) is 14.2 Å². The van der Waals surface area contributed by atoms with Crippen LogP contribution in [0.15, 0.2) is 29.0 Å². The quantitative estimate of drug-likeness (QED) is 0.866. The van der Waals surface area contributed by atoms with Crippen molar-refractivity contribution in [2.45, 2.75) is 13.5 Å². The Morgan fingerprint density at radius 2 is 1.89 bits per heavy atom. The molecule has 0 radical (unpaired) electrons. The molecule has 1 N–H and O–H groups in total. The molecule has 0 atom stereocenters. The van der Waals surface area contributed by atoms with Crippen molar-refractivity contribution in [2.75, 3.05) is 20.8 Å². The van der Waals surface area contributed by atoms with Crippen LogP contribution >= 0.6 is 0 Å². The average Bonchev–Trinajstić information content (AvgIpc) is 2.91. The Morgan fingerprint density at radius 3 is 2.47 bits per heavy atom. The maximum atomic E-state index is 5.52. The third kappa shape index (κ3) is 2.71. The molecule has 1 heterocycles. The lowest BCUT2D eigenvalue weighted by Gasteiger charge is -2.12. The molecule has 5 nitrogen and oxygen atoms in total. The second-order valence-electron chi connectivity index (χ2n) is 3.95. The average molecular weight is 262 g/mol. The molecule has 0 aliphatic rings. The summed E-state index contributed by atoms with van der Waals surface area (Å²) in [6, 6.07) is 5.62. The van der Waals surface area contributed by atoms with Gasteiger partial charge in [0, 0.05) is 6.54 Å². The topological polar surface area (TPSA) is 56.5 Å². The van der Waals surface area contributed by atoms with E-state index in [9.17, 15) is 0 Å². The highest BCUT2D eigenvalue weighted by Crippen LogP contribution is 2.39. The molecular weight excluding hydrogens is 244 g/mol. The van der Waals surface area contributed by atoms with Gasteiger partial charge in [-0.2, -0.15) is 0 Å². The van der Waals surface area contributed by atoms with Crippen molar-refractivity contribution < 1.29 is 13.9 Å². The molecule has 0 amide bonds. The number of ether oxygens (including phenoxy) is 2. The van der Waals surface area contributed by atoms with Crippen molar-refractivity contribution in [3.63, 3.8) is 0 Å². The number of oxazole rings is 1. The summed E-state index contributed by atoms with van der Waals surface area (Å²) < 4.78 is 16.3. The molecule has 0 saturated carbocycles. The van der Waals surface area contributed by atoms with Gasteiger partial charge in [-0.15, -0.1) is 0 Å². The van der Waals surface area contributed by atoms with E-state index < -0.39 is 0 Å². The molecule has 2 aromatic rings. The summed E-state index contributed by atoms with van der Waals surface area (Å²) in [7, 11) is 3.25. The smallest absolute Gasteiger partial charge is 0.181 e. The largest absolute Gasteiger partial charge is 0.496 e. The lowest BCUT2D eigenvalue weighted by Crippen LogP contribution is -2.12. The number of methoxy groups -OCH3 is 2. The Hall–Kier alpha value is -2.01. The number of nitrogens with zero attached hydrogens (tertiary/aromatic N) is 1. The van der Waals surface area contributed by atoms with E-state index in [0.717, 1.165) is 17.8 Å². The molecule has 5 heteroatoms. The zero-order valence-electron chi connectivity index (χ0n) is 11.4. The van der Waals surface area contributed by atoms with Crippen molar-refractivity contribution in [1.29, 1.82) is 0 Å². The van der Waals surface area contributed by atoms with Crippen LogP contribution in [-0.2, 0) is 6.54 Å². The highest BCUT2D eigenvalue weighted by molar-refractivity contribution is 5.74.